The molecule has 0 saturated carbocycles. The minimum absolute atomic E-state index is 0.130. The Morgan fingerprint density at radius 2 is 1.03 bits per heavy atom. The number of fused-ring (bicyclic) bond motifs is 2. The van der Waals surface area contributed by atoms with Crippen LogP contribution >= 0.6 is 0 Å². The zero-order chi connectivity index (χ0) is 44.6. The molecule has 2 aliphatic rings. The lowest BCUT2D eigenvalue weighted by Gasteiger charge is -2.36. The number of nitrogens with zero attached hydrogens (tertiary/aromatic N) is 10. The predicted molar refractivity (Wildman–Crippen MR) is 251 cm³/mol. The Morgan fingerprint density at radius 3 is 1.47 bits per heavy atom. The van der Waals surface area contributed by atoms with Crippen LogP contribution in [-0.2, 0) is 9.47 Å². The van der Waals surface area contributed by atoms with Crippen molar-refractivity contribution in [3.05, 3.63) is 134 Å². The van der Waals surface area contributed by atoms with Crippen molar-refractivity contribution in [2.45, 2.75) is 52.1 Å². The summed E-state index contributed by atoms with van der Waals surface area (Å²) in [7, 11) is 0. The molecule has 64 heavy (non-hydrogen) atoms. The van der Waals surface area contributed by atoms with Crippen molar-refractivity contribution >= 4 is 51.4 Å². The van der Waals surface area contributed by atoms with Gasteiger partial charge < -0.3 is 41.4 Å². The standard InChI is InChI=1S/C24H25N7O2.C18H21N5O.C5H6N2/c1-16-14-30(15-17(2)33-16)23-21-6-4-12-31(21)29-22(28-23)18-7-9-19(10-8-18)26-24(32)27-20-5-3-11-25-13-20;1-12-10-22(11-13(2)24-12)18-16-4-3-9-23(16)21-17(20-18)14-5-7-15(19)8-6-14;6-5-2-1-3-7-4-5/h3-13,16-17H,14-15H2,1-2H3,(H2,26,27,32);3-9,12-13H,10-11,19H2,1-2H3;1-4H,6H2/t16-,17+;12-,13+;. The summed E-state index contributed by atoms with van der Waals surface area (Å²) < 4.78 is 15.5. The number of carbonyl (C=O) groups is 1. The fourth-order valence-corrected chi connectivity index (χ4v) is 7.69. The highest BCUT2D eigenvalue weighted by atomic mass is 16.5. The van der Waals surface area contributed by atoms with E-state index in [1.54, 1.807) is 49.1 Å². The van der Waals surface area contributed by atoms with Crippen molar-refractivity contribution in [1.82, 2.24) is 39.2 Å². The molecule has 2 fully saturated rings. The molecule has 17 nitrogen and oxygen atoms in total. The van der Waals surface area contributed by atoms with Crippen LogP contribution in [-0.4, -0.2) is 95.8 Å². The second kappa shape index (κ2) is 19.6. The number of amides is 2. The van der Waals surface area contributed by atoms with Crippen LogP contribution in [0.4, 0.5) is 39.2 Å². The highest BCUT2D eigenvalue weighted by Crippen LogP contribution is 2.29. The normalized spacial score (nSPS) is 18.4. The molecule has 2 aromatic carbocycles. The quantitative estimate of drug-likeness (QED) is 0.121. The van der Waals surface area contributed by atoms with Crippen LogP contribution in [0.2, 0.25) is 0 Å². The molecule has 2 saturated heterocycles. The zero-order valence-electron chi connectivity index (χ0n) is 36.2. The molecule has 6 N–H and O–H groups in total. The third-order valence-electron chi connectivity index (χ3n) is 10.4. The summed E-state index contributed by atoms with van der Waals surface area (Å²) >= 11 is 0. The first-order valence-corrected chi connectivity index (χ1v) is 21.2. The number of nitrogens with two attached hydrogens (primary N) is 2. The number of pyridine rings is 2. The van der Waals surface area contributed by atoms with E-state index < -0.39 is 0 Å². The Bertz CT molecular complexity index is 2750. The Labute approximate surface area is 371 Å². The van der Waals surface area contributed by atoms with Crippen LogP contribution in [0.5, 0.6) is 0 Å². The molecule has 8 aromatic rings. The summed E-state index contributed by atoms with van der Waals surface area (Å²) in [6.07, 6.45) is 11.0. The van der Waals surface area contributed by atoms with E-state index in [4.69, 9.17) is 30.9 Å². The molecule has 2 amide bonds. The van der Waals surface area contributed by atoms with Crippen LogP contribution in [0.1, 0.15) is 27.7 Å². The van der Waals surface area contributed by atoms with Gasteiger partial charge in [-0.05, 0) is 125 Å². The second-order valence-electron chi connectivity index (χ2n) is 15.8. The molecule has 2 aliphatic heterocycles. The van der Waals surface area contributed by atoms with Crippen LogP contribution in [0.3, 0.4) is 0 Å². The van der Waals surface area contributed by atoms with Crippen molar-refractivity contribution in [2.24, 2.45) is 0 Å². The molecule has 6 aromatic heterocycles. The molecule has 0 bridgehead atoms. The van der Waals surface area contributed by atoms with Crippen LogP contribution in [0.15, 0.2) is 134 Å². The molecule has 0 unspecified atom stereocenters. The van der Waals surface area contributed by atoms with E-state index in [9.17, 15) is 4.79 Å². The molecular weight excluding hydrogens is 809 g/mol. The van der Waals surface area contributed by atoms with Gasteiger partial charge in [0.05, 0.1) is 42.0 Å². The molecule has 0 aliphatic carbocycles. The number of rotatable bonds is 6. The van der Waals surface area contributed by atoms with Gasteiger partial charge in [-0.15, -0.1) is 10.2 Å². The summed E-state index contributed by atoms with van der Waals surface area (Å²) in [5, 5.41) is 14.9. The number of nitrogen functional groups attached to an aromatic ring is 2. The number of hydrogen-bond acceptors (Lipinski definition) is 13. The highest BCUT2D eigenvalue weighted by Gasteiger charge is 2.27. The number of morpholine rings is 2. The second-order valence-corrected chi connectivity index (χ2v) is 15.8. The van der Waals surface area contributed by atoms with Gasteiger partial charge in [-0.2, -0.15) is 0 Å². The Kier molecular flexibility index (Phi) is 13.2. The fraction of sp³-hybridized carbons (Fsp3) is 0.255. The lowest BCUT2D eigenvalue weighted by Crippen LogP contribution is -2.46. The summed E-state index contributed by atoms with van der Waals surface area (Å²) in [4.78, 5) is 34.3. The van der Waals surface area contributed by atoms with E-state index >= 15 is 0 Å². The minimum atomic E-state index is -0.335. The van der Waals surface area contributed by atoms with Crippen molar-refractivity contribution in [3.63, 3.8) is 0 Å². The average molecular weight is 861 g/mol. The van der Waals surface area contributed by atoms with E-state index in [-0.39, 0.29) is 30.4 Å². The monoisotopic (exact) mass is 860 g/mol. The fourth-order valence-electron chi connectivity index (χ4n) is 7.69. The molecule has 328 valence electrons. The number of urea groups is 1. The summed E-state index contributed by atoms with van der Waals surface area (Å²) in [5.74, 6) is 3.15. The molecular formula is C47H52N14O3. The smallest absolute Gasteiger partial charge is 0.323 e. The molecule has 8 heterocycles. The van der Waals surface area contributed by atoms with Gasteiger partial charge in [0.1, 0.15) is 11.0 Å². The average Bonchev–Trinajstić information content (AvgIpc) is 3.97. The van der Waals surface area contributed by atoms with Crippen molar-refractivity contribution in [1.29, 1.82) is 0 Å². The summed E-state index contributed by atoms with van der Waals surface area (Å²) in [5.41, 5.74) is 17.6. The van der Waals surface area contributed by atoms with Gasteiger partial charge in [0.2, 0.25) is 0 Å². The topological polar surface area (TPSA) is 204 Å². The molecule has 0 spiro atoms. The largest absolute Gasteiger partial charge is 0.399 e. The predicted octanol–water partition coefficient (Wildman–Crippen LogP) is 7.30. The van der Waals surface area contributed by atoms with E-state index in [0.717, 1.165) is 65.7 Å². The van der Waals surface area contributed by atoms with Crippen LogP contribution in [0, 0.1) is 0 Å². The molecule has 4 atom stereocenters. The maximum absolute atomic E-state index is 12.2. The first-order chi connectivity index (χ1) is 31.0. The van der Waals surface area contributed by atoms with Crippen molar-refractivity contribution in [2.75, 3.05) is 58.1 Å². The third-order valence-corrected chi connectivity index (χ3v) is 10.4. The van der Waals surface area contributed by atoms with E-state index in [0.29, 0.717) is 28.7 Å². The van der Waals surface area contributed by atoms with Crippen molar-refractivity contribution in [3.8, 4) is 22.8 Å². The lowest BCUT2D eigenvalue weighted by molar-refractivity contribution is -0.00565. The maximum atomic E-state index is 12.2. The molecule has 10 rings (SSSR count). The van der Waals surface area contributed by atoms with Gasteiger partial charge in [0.25, 0.3) is 0 Å². The summed E-state index contributed by atoms with van der Waals surface area (Å²) in [6.45, 7) is 11.5. The van der Waals surface area contributed by atoms with E-state index in [1.807, 2.05) is 94.2 Å². The zero-order valence-corrected chi connectivity index (χ0v) is 36.2. The number of nitrogens with one attached hydrogen (secondary N) is 2. The Balaban J connectivity index is 0.000000157. The van der Waals surface area contributed by atoms with Gasteiger partial charge in [-0.1, -0.05) is 0 Å². The molecule has 17 heteroatoms. The Morgan fingerprint density at radius 1 is 0.562 bits per heavy atom. The number of aromatic nitrogens is 8. The third kappa shape index (κ3) is 10.7. The number of benzene rings is 2. The van der Waals surface area contributed by atoms with Crippen LogP contribution < -0.4 is 31.9 Å². The number of carbonyl (C=O) groups excluding carboxylic acids is 1. The van der Waals surface area contributed by atoms with Crippen molar-refractivity contribution < 1.29 is 14.3 Å². The van der Waals surface area contributed by atoms with Gasteiger partial charge >= 0.3 is 6.03 Å². The Hall–Kier alpha value is -7.63. The number of anilines is 6. The minimum Gasteiger partial charge on any atom is -0.399 e. The lowest BCUT2D eigenvalue weighted by atomic mass is 10.2. The first kappa shape index (κ1) is 43.0. The molecule has 0 radical (unpaired) electrons. The summed E-state index contributed by atoms with van der Waals surface area (Å²) in [6, 6.07) is 30.0. The van der Waals surface area contributed by atoms with E-state index in [1.165, 1.54) is 0 Å². The van der Waals surface area contributed by atoms with E-state index in [2.05, 4.69) is 68.3 Å². The van der Waals surface area contributed by atoms with Gasteiger partial charge in [0.15, 0.2) is 23.3 Å². The van der Waals surface area contributed by atoms with Crippen LogP contribution in [0.25, 0.3) is 33.8 Å². The maximum Gasteiger partial charge on any atom is 0.323 e. The van der Waals surface area contributed by atoms with Gasteiger partial charge in [0, 0.05) is 79.7 Å². The highest BCUT2D eigenvalue weighted by molar-refractivity contribution is 5.99. The SMILES string of the molecule is C[C@@H]1CN(c2nc(-c3ccc(N)cc3)nn3cccc23)C[C@H](C)O1.C[C@@H]1CN(c2nc(-c3ccc(NC(=O)Nc4cccnc4)cc3)nn3cccc23)C[C@H](C)O1.Nc1cccnc1. The van der Waals surface area contributed by atoms with Gasteiger partial charge in [-0.25, -0.2) is 23.8 Å². The number of hydrogen-bond donors (Lipinski definition) is 4. The number of ether oxygens (including phenoxy) is 2. The first-order valence-electron chi connectivity index (χ1n) is 21.2. The van der Waals surface area contributed by atoms with Gasteiger partial charge in [-0.3, -0.25) is 9.97 Å².